The summed E-state index contributed by atoms with van der Waals surface area (Å²) in [7, 11) is -3.86. The molecule has 1 N–H and O–H groups in total. The van der Waals surface area contributed by atoms with Gasteiger partial charge in [0, 0.05) is 12.6 Å². The lowest BCUT2D eigenvalue weighted by atomic mass is 10.2. The van der Waals surface area contributed by atoms with Crippen molar-refractivity contribution in [1.82, 2.24) is 4.90 Å². The number of aliphatic hydroxyl groups is 1. The standard InChI is InChI=1S/C20H23NO4S/c1-15-7-11-18(12-8-15)26(23,24)20(14-22)13-21(17-9-10-17)19(25-20)16-5-3-2-4-6-16/h2-8,11-12,17,19,22H,9-10,13-14H2,1H3. The van der Waals surface area contributed by atoms with Crippen LogP contribution in [0.3, 0.4) is 0 Å². The second kappa shape index (κ2) is 6.46. The van der Waals surface area contributed by atoms with Crippen molar-refractivity contribution < 1.29 is 18.3 Å². The summed E-state index contributed by atoms with van der Waals surface area (Å²) in [6.07, 6.45) is 1.59. The maximum atomic E-state index is 13.4. The third-order valence-electron chi connectivity index (χ3n) is 5.21. The number of aliphatic hydroxyl groups excluding tert-OH is 1. The van der Waals surface area contributed by atoms with E-state index in [-0.39, 0.29) is 11.4 Å². The molecule has 0 radical (unpaired) electrons. The van der Waals surface area contributed by atoms with Gasteiger partial charge in [0.15, 0.2) is 0 Å². The van der Waals surface area contributed by atoms with Crippen LogP contribution in [0.15, 0.2) is 59.5 Å². The molecule has 1 aliphatic heterocycles. The predicted molar refractivity (Wildman–Crippen MR) is 98.2 cm³/mol. The van der Waals surface area contributed by atoms with Gasteiger partial charge in [0.1, 0.15) is 6.23 Å². The Morgan fingerprint density at radius 1 is 1.12 bits per heavy atom. The topological polar surface area (TPSA) is 66.8 Å². The SMILES string of the molecule is Cc1ccc(S(=O)(=O)C2(CO)CN(C3CC3)C(c3ccccc3)O2)cc1. The first-order chi connectivity index (χ1) is 12.5. The second-order valence-electron chi connectivity index (χ2n) is 7.17. The highest BCUT2D eigenvalue weighted by atomic mass is 32.2. The molecule has 2 atom stereocenters. The first kappa shape index (κ1) is 17.7. The van der Waals surface area contributed by atoms with Crippen LogP contribution in [0.2, 0.25) is 0 Å². The molecule has 26 heavy (non-hydrogen) atoms. The number of rotatable bonds is 5. The Labute approximate surface area is 154 Å². The number of aryl methyl sites for hydroxylation is 1. The monoisotopic (exact) mass is 373 g/mol. The Kier molecular flexibility index (Phi) is 4.39. The molecule has 0 aromatic heterocycles. The minimum absolute atomic E-state index is 0.171. The zero-order valence-electron chi connectivity index (χ0n) is 14.7. The van der Waals surface area contributed by atoms with Crippen LogP contribution < -0.4 is 0 Å². The number of hydrogen-bond donors (Lipinski definition) is 1. The maximum absolute atomic E-state index is 13.4. The largest absolute Gasteiger partial charge is 0.392 e. The Bertz CT molecular complexity index is 878. The van der Waals surface area contributed by atoms with Gasteiger partial charge in [-0.15, -0.1) is 0 Å². The van der Waals surface area contributed by atoms with Crippen molar-refractivity contribution in [3.63, 3.8) is 0 Å². The average molecular weight is 373 g/mol. The maximum Gasteiger partial charge on any atom is 0.211 e. The number of hydrogen-bond acceptors (Lipinski definition) is 5. The van der Waals surface area contributed by atoms with Crippen molar-refractivity contribution in [1.29, 1.82) is 0 Å². The van der Waals surface area contributed by atoms with Crippen LogP contribution in [0.1, 0.15) is 30.2 Å². The molecular formula is C20H23NO4S. The molecule has 0 bridgehead atoms. The summed E-state index contributed by atoms with van der Waals surface area (Å²) < 4.78 is 32.8. The van der Waals surface area contributed by atoms with E-state index in [1.54, 1.807) is 24.3 Å². The van der Waals surface area contributed by atoms with Gasteiger partial charge >= 0.3 is 0 Å². The number of ether oxygens (including phenoxy) is 1. The molecule has 2 fully saturated rings. The van der Waals surface area contributed by atoms with E-state index in [0.717, 1.165) is 24.0 Å². The summed E-state index contributed by atoms with van der Waals surface area (Å²) in [5.41, 5.74) is 1.89. The zero-order valence-corrected chi connectivity index (χ0v) is 15.5. The summed E-state index contributed by atoms with van der Waals surface area (Å²) in [6, 6.07) is 16.6. The summed E-state index contributed by atoms with van der Waals surface area (Å²) in [4.78, 5) is 0.615. The molecule has 0 amide bonds. The van der Waals surface area contributed by atoms with Gasteiger partial charge in [0.2, 0.25) is 14.8 Å². The van der Waals surface area contributed by atoms with E-state index in [4.69, 9.17) is 4.74 Å². The van der Waals surface area contributed by atoms with Crippen molar-refractivity contribution >= 4 is 9.84 Å². The first-order valence-corrected chi connectivity index (χ1v) is 10.4. The van der Waals surface area contributed by atoms with E-state index >= 15 is 0 Å². The number of benzene rings is 2. The van der Waals surface area contributed by atoms with Crippen LogP contribution in [0.25, 0.3) is 0 Å². The third kappa shape index (κ3) is 2.87. The van der Waals surface area contributed by atoms with E-state index in [2.05, 4.69) is 4.90 Å². The van der Waals surface area contributed by atoms with Crippen LogP contribution in [0.5, 0.6) is 0 Å². The van der Waals surface area contributed by atoms with Crippen molar-refractivity contribution in [2.24, 2.45) is 0 Å². The minimum Gasteiger partial charge on any atom is -0.392 e. The van der Waals surface area contributed by atoms with Gasteiger partial charge in [-0.2, -0.15) is 0 Å². The summed E-state index contributed by atoms with van der Waals surface area (Å²) in [5, 5.41) is 10.1. The highest BCUT2D eigenvalue weighted by molar-refractivity contribution is 7.92. The molecule has 2 aromatic rings. The van der Waals surface area contributed by atoms with Crippen molar-refractivity contribution in [3.8, 4) is 0 Å². The van der Waals surface area contributed by atoms with Gasteiger partial charge in [0.05, 0.1) is 11.5 Å². The molecule has 0 spiro atoms. The van der Waals surface area contributed by atoms with E-state index in [9.17, 15) is 13.5 Å². The second-order valence-corrected chi connectivity index (χ2v) is 9.39. The third-order valence-corrected chi connectivity index (χ3v) is 7.44. The summed E-state index contributed by atoms with van der Waals surface area (Å²) in [6.45, 7) is 1.50. The number of sulfone groups is 1. The van der Waals surface area contributed by atoms with Crippen LogP contribution >= 0.6 is 0 Å². The van der Waals surface area contributed by atoms with Gasteiger partial charge < -0.3 is 9.84 Å². The van der Waals surface area contributed by atoms with E-state index in [1.165, 1.54) is 0 Å². The fraction of sp³-hybridized carbons (Fsp3) is 0.400. The molecule has 1 heterocycles. The average Bonchev–Trinajstić information content (AvgIpc) is 3.42. The molecule has 2 aliphatic rings. The zero-order chi connectivity index (χ0) is 18.4. The van der Waals surface area contributed by atoms with E-state index in [1.807, 2.05) is 37.3 Å². The smallest absolute Gasteiger partial charge is 0.211 e. The molecule has 2 unspecified atom stereocenters. The van der Waals surface area contributed by atoms with Crippen molar-refractivity contribution in [2.75, 3.05) is 13.2 Å². The van der Waals surface area contributed by atoms with Gasteiger partial charge in [-0.1, -0.05) is 48.0 Å². The highest BCUT2D eigenvalue weighted by Gasteiger charge is 2.57. The minimum atomic E-state index is -3.86. The molecule has 2 aromatic carbocycles. The predicted octanol–water partition coefficient (Wildman–Crippen LogP) is 2.65. The van der Waals surface area contributed by atoms with Crippen LogP contribution in [-0.2, 0) is 14.6 Å². The lowest BCUT2D eigenvalue weighted by Gasteiger charge is -2.26. The van der Waals surface area contributed by atoms with Gasteiger partial charge in [-0.25, -0.2) is 8.42 Å². The van der Waals surface area contributed by atoms with Crippen molar-refractivity contribution in [3.05, 3.63) is 65.7 Å². The lowest BCUT2D eigenvalue weighted by Crippen LogP contribution is -2.46. The van der Waals surface area contributed by atoms with E-state index < -0.39 is 27.6 Å². The fourth-order valence-corrected chi connectivity index (χ4v) is 5.16. The fourth-order valence-electron chi connectivity index (χ4n) is 3.53. The van der Waals surface area contributed by atoms with Gasteiger partial charge in [-0.3, -0.25) is 4.90 Å². The Balaban J connectivity index is 1.74. The molecule has 1 saturated carbocycles. The summed E-state index contributed by atoms with van der Waals surface area (Å²) in [5.74, 6) is 0. The van der Waals surface area contributed by atoms with E-state index in [0.29, 0.717) is 6.04 Å². The number of nitrogens with zero attached hydrogens (tertiary/aromatic N) is 1. The van der Waals surface area contributed by atoms with Crippen LogP contribution in [0, 0.1) is 6.92 Å². The molecule has 6 heteroatoms. The Morgan fingerprint density at radius 3 is 2.35 bits per heavy atom. The molecule has 4 rings (SSSR count). The normalized spacial score (nSPS) is 26.9. The molecular weight excluding hydrogens is 350 g/mol. The molecule has 1 saturated heterocycles. The van der Waals surface area contributed by atoms with Crippen LogP contribution in [-0.4, -0.2) is 42.6 Å². The molecule has 1 aliphatic carbocycles. The molecule has 138 valence electrons. The van der Waals surface area contributed by atoms with Crippen LogP contribution in [0.4, 0.5) is 0 Å². The van der Waals surface area contributed by atoms with Crippen molar-refractivity contribution in [2.45, 2.75) is 41.9 Å². The first-order valence-electron chi connectivity index (χ1n) is 8.87. The summed E-state index contributed by atoms with van der Waals surface area (Å²) >= 11 is 0. The Hall–Kier alpha value is -1.73. The highest BCUT2D eigenvalue weighted by Crippen LogP contribution is 2.46. The molecule has 5 nitrogen and oxygen atoms in total. The lowest BCUT2D eigenvalue weighted by molar-refractivity contribution is -0.0423. The van der Waals surface area contributed by atoms with Gasteiger partial charge in [0.25, 0.3) is 0 Å². The Morgan fingerprint density at radius 2 is 1.77 bits per heavy atom. The van der Waals surface area contributed by atoms with Gasteiger partial charge in [-0.05, 0) is 37.5 Å². The quantitative estimate of drug-likeness (QED) is 0.873.